The van der Waals surface area contributed by atoms with Crippen molar-refractivity contribution in [1.29, 1.82) is 0 Å². The molecule has 1 rings (SSSR count). The molecule has 2 nitrogen and oxygen atoms in total. The molecular weight excluding hydrogens is 150 g/mol. The van der Waals surface area contributed by atoms with Gasteiger partial charge in [0.1, 0.15) is 0 Å². The summed E-state index contributed by atoms with van der Waals surface area (Å²) in [6.07, 6.45) is 6.82. The van der Waals surface area contributed by atoms with Gasteiger partial charge in [-0.25, -0.2) is 0 Å². The summed E-state index contributed by atoms with van der Waals surface area (Å²) in [5.74, 6) is 0.626. The van der Waals surface area contributed by atoms with Gasteiger partial charge in [-0.3, -0.25) is 0 Å². The number of hydrogen-bond donors (Lipinski definition) is 1. The molecule has 0 saturated carbocycles. The second kappa shape index (κ2) is 4.10. The zero-order valence-corrected chi connectivity index (χ0v) is 7.45. The van der Waals surface area contributed by atoms with E-state index in [-0.39, 0.29) is 0 Å². The van der Waals surface area contributed by atoms with Crippen LogP contribution in [0.3, 0.4) is 0 Å². The largest absolute Gasteiger partial charge is 0.411 e. The molecule has 1 N–H and O–H groups in total. The lowest BCUT2D eigenvalue weighted by Gasteiger charge is -2.19. The van der Waals surface area contributed by atoms with Crippen molar-refractivity contribution >= 4 is 6.21 Å². The molecule has 0 radical (unpaired) electrons. The van der Waals surface area contributed by atoms with Gasteiger partial charge >= 0.3 is 0 Å². The van der Waals surface area contributed by atoms with E-state index in [0.717, 1.165) is 24.8 Å². The van der Waals surface area contributed by atoms with Gasteiger partial charge in [0, 0.05) is 0 Å². The predicted octanol–water partition coefficient (Wildman–Crippen LogP) is 2.75. The standard InChI is InChI=1S/C10H15NO/c1-8(2)10-5-3-9(4-6-10)7-11-12/h3,7,10,12H,1,4-6H2,2H3/b11-7-. The Hall–Kier alpha value is -1.05. The van der Waals surface area contributed by atoms with Crippen LogP contribution in [-0.4, -0.2) is 11.4 Å². The molecule has 1 atom stereocenters. The van der Waals surface area contributed by atoms with Crippen LogP contribution in [0.1, 0.15) is 26.2 Å². The van der Waals surface area contributed by atoms with Gasteiger partial charge in [-0.05, 0) is 37.7 Å². The second-order valence-electron chi connectivity index (χ2n) is 3.34. The minimum Gasteiger partial charge on any atom is -0.411 e. The zero-order valence-electron chi connectivity index (χ0n) is 7.45. The third-order valence-corrected chi connectivity index (χ3v) is 2.37. The summed E-state index contributed by atoms with van der Waals surface area (Å²) in [6, 6.07) is 0. The van der Waals surface area contributed by atoms with E-state index in [2.05, 4.69) is 24.7 Å². The van der Waals surface area contributed by atoms with Crippen molar-refractivity contribution in [2.24, 2.45) is 11.1 Å². The Bertz CT molecular complexity index is 228. The predicted molar refractivity (Wildman–Crippen MR) is 50.5 cm³/mol. The first kappa shape index (κ1) is 9.04. The highest BCUT2D eigenvalue weighted by Gasteiger charge is 2.13. The number of rotatable bonds is 2. The highest BCUT2D eigenvalue weighted by Crippen LogP contribution is 2.27. The van der Waals surface area contributed by atoms with Gasteiger partial charge in [-0.1, -0.05) is 23.4 Å². The molecule has 0 fully saturated rings. The molecule has 0 aromatic heterocycles. The molecule has 0 aromatic carbocycles. The molecule has 1 aliphatic rings. The molecule has 1 unspecified atom stereocenters. The lowest BCUT2D eigenvalue weighted by molar-refractivity contribution is 0.321. The molecule has 66 valence electrons. The monoisotopic (exact) mass is 165 g/mol. The van der Waals surface area contributed by atoms with E-state index in [1.165, 1.54) is 11.8 Å². The summed E-state index contributed by atoms with van der Waals surface area (Å²) in [5.41, 5.74) is 2.39. The van der Waals surface area contributed by atoms with Crippen LogP contribution in [0.25, 0.3) is 0 Å². The molecule has 2 heteroatoms. The Morgan fingerprint density at radius 2 is 2.58 bits per heavy atom. The summed E-state index contributed by atoms with van der Waals surface area (Å²) in [6.45, 7) is 6.01. The van der Waals surface area contributed by atoms with Crippen LogP contribution in [0.15, 0.2) is 29.0 Å². The van der Waals surface area contributed by atoms with Crippen molar-refractivity contribution < 1.29 is 5.21 Å². The normalized spacial score (nSPS) is 24.1. The number of oxime groups is 1. The molecule has 0 amide bonds. The van der Waals surface area contributed by atoms with Crippen molar-refractivity contribution in [2.75, 3.05) is 0 Å². The fourth-order valence-electron chi connectivity index (χ4n) is 1.49. The second-order valence-corrected chi connectivity index (χ2v) is 3.34. The first-order valence-electron chi connectivity index (χ1n) is 4.26. The minimum atomic E-state index is 0.626. The van der Waals surface area contributed by atoms with E-state index in [1.54, 1.807) is 0 Å². The molecule has 0 heterocycles. The smallest absolute Gasteiger partial charge is 0.0690 e. The summed E-state index contributed by atoms with van der Waals surface area (Å²) in [4.78, 5) is 0. The number of hydrogen-bond acceptors (Lipinski definition) is 2. The highest BCUT2D eigenvalue weighted by molar-refractivity contribution is 5.78. The average Bonchev–Trinajstić information content (AvgIpc) is 2.06. The van der Waals surface area contributed by atoms with Gasteiger partial charge in [0.2, 0.25) is 0 Å². The maximum Gasteiger partial charge on any atom is 0.0690 e. The molecule has 0 aliphatic heterocycles. The van der Waals surface area contributed by atoms with Crippen LogP contribution in [0, 0.1) is 5.92 Å². The zero-order chi connectivity index (χ0) is 8.97. The van der Waals surface area contributed by atoms with Gasteiger partial charge in [0.15, 0.2) is 0 Å². The topological polar surface area (TPSA) is 32.6 Å². The average molecular weight is 165 g/mol. The van der Waals surface area contributed by atoms with Crippen LogP contribution in [-0.2, 0) is 0 Å². The van der Waals surface area contributed by atoms with E-state index in [9.17, 15) is 0 Å². The Morgan fingerprint density at radius 3 is 3.00 bits per heavy atom. The molecule has 1 aliphatic carbocycles. The molecule has 0 aromatic rings. The Kier molecular flexibility index (Phi) is 3.09. The molecule has 0 saturated heterocycles. The highest BCUT2D eigenvalue weighted by atomic mass is 16.4. The summed E-state index contributed by atoms with van der Waals surface area (Å²) in [5, 5.41) is 11.3. The first-order chi connectivity index (χ1) is 5.74. The van der Waals surface area contributed by atoms with Crippen molar-refractivity contribution in [2.45, 2.75) is 26.2 Å². The van der Waals surface area contributed by atoms with E-state index in [0.29, 0.717) is 5.92 Å². The third-order valence-electron chi connectivity index (χ3n) is 2.37. The Balaban J connectivity index is 2.53. The number of allylic oxidation sites excluding steroid dienone is 3. The van der Waals surface area contributed by atoms with Crippen LogP contribution in [0.2, 0.25) is 0 Å². The van der Waals surface area contributed by atoms with Gasteiger partial charge in [-0.2, -0.15) is 0 Å². The molecule has 12 heavy (non-hydrogen) atoms. The molecular formula is C10H15NO. The van der Waals surface area contributed by atoms with E-state index in [1.807, 2.05) is 0 Å². The van der Waals surface area contributed by atoms with E-state index in [4.69, 9.17) is 5.21 Å². The van der Waals surface area contributed by atoms with Gasteiger partial charge < -0.3 is 5.21 Å². The van der Waals surface area contributed by atoms with Crippen molar-refractivity contribution in [3.63, 3.8) is 0 Å². The fourth-order valence-corrected chi connectivity index (χ4v) is 1.49. The van der Waals surface area contributed by atoms with Crippen LogP contribution < -0.4 is 0 Å². The van der Waals surface area contributed by atoms with Crippen LogP contribution in [0.4, 0.5) is 0 Å². The van der Waals surface area contributed by atoms with Gasteiger partial charge in [0.05, 0.1) is 6.21 Å². The summed E-state index contributed by atoms with van der Waals surface area (Å²) in [7, 11) is 0. The lowest BCUT2D eigenvalue weighted by atomic mass is 9.86. The van der Waals surface area contributed by atoms with Gasteiger partial charge in [-0.15, -0.1) is 0 Å². The fraction of sp³-hybridized carbons (Fsp3) is 0.500. The minimum absolute atomic E-state index is 0.626. The summed E-state index contributed by atoms with van der Waals surface area (Å²) >= 11 is 0. The molecule has 0 spiro atoms. The van der Waals surface area contributed by atoms with Crippen LogP contribution in [0.5, 0.6) is 0 Å². The summed E-state index contributed by atoms with van der Waals surface area (Å²) < 4.78 is 0. The van der Waals surface area contributed by atoms with Crippen LogP contribution >= 0.6 is 0 Å². The molecule has 0 bridgehead atoms. The van der Waals surface area contributed by atoms with E-state index >= 15 is 0 Å². The third kappa shape index (κ3) is 2.22. The first-order valence-corrected chi connectivity index (χ1v) is 4.26. The maximum absolute atomic E-state index is 8.30. The number of nitrogens with zero attached hydrogens (tertiary/aromatic N) is 1. The van der Waals surface area contributed by atoms with Crippen molar-refractivity contribution in [1.82, 2.24) is 0 Å². The van der Waals surface area contributed by atoms with E-state index < -0.39 is 0 Å². The Morgan fingerprint density at radius 1 is 1.83 bits per heavy atom. The lowest BCUT2D eigenvalue weighted by Crippen LogP contribution is -2.06. The van der Waals surface area contributed by atoms with Gasteiger partial charge in [0.25, 0.3) is 0 Å². The van der Waals surface area contributed by atoms with Crippen molar-refractivity contribution in [3.05, 3.63) is 23.8 Å². The SMILES string of the molecule is C=C(C)C1CC=C(/C=N\O)CC1. The van der Waals surface area contributed by atoms with Crippen molar-refractivity contribution in [3.8, 4) is 0 Å². The maximum atomic E-state index is 8.30. The Labute approximate surface area is 73.3 Å². The quantitative estimate of drug-likeness (QED) is 0.290.